The summed E-state index contributed by atoms with van der Waals surface area (Å²) in [6.07, 6.45) is 6.83. The Bertz CT molecular complexity index is 743. The maximum Gasteiger partial charge on any atom is 0.232 e. The minimum atomic E-state index is -0.117. The van der Waals surface area contributed by atoms with E-state index in [0.717, 1.165) is 44.0 Å². The van der Waals surface area contributed by atoms with Gasteiger partial charge in [-0.3, -0.25) is 9.88 Å². The molecule has 0 saturated carbocycles. The van der Waals surface area contributed by atoms with Gasteiger partial charge in [0.2, 0.25) is 5.88 Å². The summed E-state index contributed by atoms with van der Waals surface area (Å²) in [5, 5.41) is 0. The first kappa shape index (κ1) is 18.0. The SMILES string of the molecule is COc1cc(CN2CC3(C[C@H](Oc4cnccn4)CCO3)C2)cc(OC)c1. The molecule has 0 aliphatic carbocycles. The zero-order valence-corrected chi connectivity index (χ0v) is 15.8. The molecule has 1 atom stereocenters. The van der Waals surface area contributed by atoms with Crippen LogP contribution in [0.4, 0.5) is 0 Å². The quantitative estimate of drug-likeness (QED) is 0.772. The molecular formula is C20H25N3O4. The number of benzene rings is 1. The molecule has 27 heavy (non-hydrogen) atoms. The van der Waals surface area contributed by atoms with Crippen molar-refractivity contribution in [2.45, 2.75) is 31.1 Å². The summed E-state index contributed by atoms with van der Waals surface area (Å²) in [6, 6.07) is 5.99. The summed E-state index contributed by atoms with van der Waals surface area (Å²) >= 11 is 0. The van der Waals surface area contributed by atoms with Gasteiger partial charge < -0.3 is 18.9 Å². The number of likely N-dealkylation sites (tertiary alicyclic amines) is 1. The smallest absolute Gasteiger partial charge is 0.232 e. The number of hydrogen-bond acceptors (Lipinski definition) is 7. The molecule has 4 rings (SSSR count). The fraction of sp³-hybridized carbons (Fsp3) is 0.500. The van der Waals surface area contributed by atoms with E-state index < -0.39 is 0 Å². The van der Waals surface area contributed by atoms with E-state index in [1.807, 2.05) is 6.07 Å². The molecule has 1 aromatic heterocycles. The molecule has 7 nitrogen and oxygen atoms in total. The molecule has 2 aromatic rings. The topological polar surface area (TPSA) is 65.9 Å². The van der Waals surface area contributed by atoms with Crippen molar-refractivity contribution >= 4 is 0 Å². The maximum atomic E-state index is 6.12. The standard InChI is InChI=1S/C20H25N3O4/c1-24-17-7-15(8-18(9-17)25-2)12-23-13-20(14-23)10-16(3-6-26-20)27-19-11-21-4-5-22-19/h4-5,7-9,11,16H,3,6,10,12-14H2,1-2H3/t16-/m1/s1. The highest BCUT2D eigenvalue weighted by molar-refractivity contribution is 5.38. The van der Waals surface area contributed by atoms with E-state index in [2.05, 4.69) is 27.0 Å². The molecule has 3 heterocycles. The van der Waals surface area contributed by atoms with Crippen molar-refractivity contribution in [1.29, 1.82) is 0 Å². The van der Waals surface area contributed by atoms with Crippen molar-refractivity contribution in [1.82, 2.24) is 14.9 Å². The highest BCUT2D eigenvalue weighted by Gasteiger charge is 2.48. The Morgan fingerprint density at radius 2 is 1.93 bits per heavy atom. The Morgan fingerprint density at radius 3 is 2.59 bits per heavy atom. The number of rotatable bonds is 6. The Hall–Kier alpha value is -2.38. The van der Waals surface area contributed by atoms with Crippen LogP contribution in [0, 0.1) is 0 Å². The zero-order chi connectivity index (χ0) is 18.7. The lowest BCUT2D eigenvalue weighted by Gasteiger charge is -2.53. The molecule has 2 fully saturated rings. The molecule has 2 aliphatic rings. The van der Waals surface area contributed by atoms with Crippen molar-refractivity contribution in [3.05, 3.63) is 42.4 Å². The van der Waals surface area contributed by atoms with Gasteiger partial charge in [-0.05, 0) is 17.7 Å². The molecular weight excluding hydrogens is 346 g/mol. The molecule has 0 radical (unpaired) electrons. The Labute approximate surface area is 159 Å². The molecule has 2 saturated heterocycles. The van der Waals surface area contributed by atoms with Crippen LogP contribution in [-0.4, -0.2) is 60.5 Å². The van der Waals surface area contributed by atoms with Crippen molar-refractivity contribution in [3.63, 3.8) is 0 Å². The molecule has 1 aromatic carbocycles. The number of nitrogens with zero attached hydrogens (tertiary/aromatic N) is 3. The van der Waals surface area contributed by atoms with E-state index in [1.165, 1.54) is 5.56 Å². The van der Waals surface area contributed by atoms with Gasteiger partial charge >= 0.3 is 0 Å². The average molecular weight is 371 g/mol. The zero-order valence-electron chi connectivity index (χ0n) is 15.8. The van der Waals surface area contributed by atoms with Gasteiger partial charge in [0, 0.05) is 50.9 Å². The van der Waals surface area contributed by atoms with Crippen LogP contribution in [-0.2, 0) is 11.3 Å². The van der Waals surface area contributed by atoms with Gasteiger partial charge in [0.15, 0.2) is 0 Å². The fourth-order valence-electron chi connectivity index (χ4n) is 3.92. The average Bonchev–Trinajstić information content (AvgIpc) is 2.67. The number of methoxy groups -OCH3 is 2. The van der Waals surface area contributed by atoms with Crippen LogP contribution in [0.2, 0.25) is 0 Å². The van der Waals surface area contributed by atoms with Gasteiger partial charge in [0.05, 0.1) is 32.6 Å². The van der Waals surface area contributed by atoms with Gasteiger partial charge in [-0.2, -0.15) is 0 Å². The van der Waals surface area contributed by atoms with Crippen molar-refractivity contribution < 1.29 is 18.9 Å². The third-order valence-corrected chi connectivity index (χ3v) is 5.12. The summed E-state index contributed by atoms with van der Waals surface area (Å²) in [4.78, 5) is 10.6. The maximum absolute atomic E-state index is 6.12. The normalized spacial score (nSPS) is 21.5. The van der Waals surface area contributed by atoms with Gasteiger partial charge in [-0.25, -0.2) is 4.98 Å². The third kappa shape index (κ3) is 4.14. The van der Waals surface area contributed by atoms with Crippen LogP contribution in [0.15, 0.2) is 36.8 Å². The fourth-order valence-corrected chi connectivity index (χ4v) is 3.92. The van der Waals surface area contributed by atoms with Crippen molar-refractivity contribution in [2.75, 3.05) is 33.9 Å². The Kier molecular flexibility index (Phi) is 5.13. The predicted octanol–water partition coefficient (Wildman–Crippen LogP) is 2.31. The number of ether oxygens (including phenoxy) is 4. The molecule has 0 unspecified atom stereocenters. The van der Waals surface area contributed by atoms with Crippen LogP contribution in [0.5, 0.6) is 17.4 Å². The summed E-state index contributed by atoms with van der Waals surface area (Å²) in [5.41, 5.74) is 1.05. The monoisotopic (exact) mass is 371 g/mol. The highest BCUT2D eigenvalue weighted by Crippen LogP contribution is 2.36. The van der Waals surface area contributed by atoms with Crippen LogP contribution in [0.1, 0.15) is 18.4 Å². The van der Waals surface area contributed by atoms with Crippen molar-refractivity contribution in [3.8, 4) is 17.4 Å². The second kappa shape index (κ2) is 7.70. The van der Waals surface area contributed by atoms with E-state index >= 15 is 0 Å². The molecule has 0 amide bonds. The van der Waals surface area contributed by atoms with Crippen molar-refractivity contribution in [2.24, 2.45) is 0 Å². The van der Waals surface area contributed by atoms with Gasteiger partial charge in [0.1, 0.15) is 17.6 Å². The lowest BCUT2D eigenvalue weighted by Crippen LogP contribution is -2.65. The van der Waals surface area contributed by atoms with E-state index in [0.29, 0.717) is 12.5 Å². The predicted molar refractivity (Wildman–Crippen MR) is 99.2 cm³/mol. The van der Waals surface area contributed by atoms with Crippen LogP contribution >= 0.6 is 0 Å². The molecule has 7 heteroatoms. The lowest BCUT2D eigenvalue weighted by molar-refractivity contribution is -0.188. The van der Waals surface area contributed by atoms with Crippen LogP contribution < -0.4 is 14.2 Å². The number of hydrogen-bond donors (Lipinski definition) is 0. The minimum absolute atomic E-state index is 0.117. The van der Waals surface area contributed by atoms with Crippen LogP contribution in [0.25, 0.3) is 0 Å². The van der Waals surface area contributed by atoms with Crippen LogP contribution in [0.3, 0.4) is 0 Å². The van der Waals surface area contributed by atoms with Gasteiger partial charge in [-0.1, -0.05) is 0 Å². The van der Waals surface area contributed by atoms with Gasteiger partial charge in [-0.15, -0.1) is 0 Å². The minimum Gasteiger partial charge on any atom is -0.497 e. The lowest BCUT2D eigenvalue weighted by atomic mass is 9.84. The molecule has 0 N–H and O–H groups in total. The van der Waals surface area contributed by atoms with E-state index in [4.69, 9.17) is 18.9 Å². The van der Waals surface area contributed by atoms with Gasteiger partial charge in [0.25, 0.3) is 0 Å². The molecule has 144 valence electrons. The Balaban J connectivity index is 1.34. The molecule has 0 bridgehead atoms. The third-order valence-electron chi connectivity index (χ3n) is 5.12. The second-order valence-electron chi connectivity index (χ2n) is 7.17. The van der Waals surface area contributed by atoms with E-state index in [1.54, 1.807) is 32.8 Å². The highest BCUT2D eigenvalue weighted by atomic mass is 16.5. The summed E-state index contributed by atoms with van der Waals surface area (Å²) in [6.45, 7) is 3.35. The Morgan fingerprint density at radius 1 is 1.15 bits per heavy atom. The number of aromatic nitrogens is 2. The summed E-state index contributed by atoms with van der Waals surface area (Å²) in [5.74, 6) is 2.20. The second-order valence-corrected chi connectivity index (χ2v) is 7.17. The summed E-state index contributed by atoms with van der Waals surface area (Å²) in [7, 11) is 3.34. The first-order valence-corrected chi connectivity index (χ1v) is 9.19. The largest absolute Gasteiger partial charge is 0.497 e. The molecule has 2 aliphatic heterocycles. The molecule has 1 spiro atoms. The van der Waals surface area contributed by atoms with E-state index in [-0.39, 0.29) is 11.7 Å². The first-order chi connectivity index (χ1) is 13.2. The van der Waals surface area contributed by atoms with E-state index in [9.17, 15) is 0 Å². The first-order valence-electron chi connectivity index (χ1n) is 9.19. The summed E-state index contributed by atoms with van der Waals surface area (Å²) < 4.78 is 22.8.